The molecular formula is C20H33N4O3+. The standard InChI is InChI=1S/C20H32N4O3/c1-20(2,3)22-19(26)18(25)21-14-17(24-10-12-27-13-11-24)15-6-8-16(9-7-15)23(4)5/h6-9,17H,10-14H2,1-5H3,(H,21,25)(H,22,26)/p+1/t17-/m1/s1. The fourth-order valence-electron chi connectivity index (χ4n) is 3.16. The highest BCUT2D eigenvalue weighted by molar-refractivity contribution is 6.35. The molecule has 2 rings (SSSR count). The molecule has 0 spiro atoms. The van der Waals surface area contributed by atoms with Gasteiger partial charge in [-0.3, -0.25) is 9.59 Å². The normalized spacial score (nSPS) is 16.5. The zero-order chi connectivity index (χ0) is 20.0. The highest BCUT2D eigenvalue weighted by Crippen LogP contribution is 2.16. The van der Waals surface area contributed by atoms with Crippen molar-refractivity contribution in [2.24, 2.45) is 0 Å². The van der Waals surface area contributed by atoms with Crippen LogP contribution >= 0.6 is 0 Å². The Balaban J connectivity index is 2.08. The molecule has 1 aliphatic rings. The highest BCUT2D eigenvalue weighted by atomic mass is 16.5. The number of carbonyl (C=O) groups is 2. The maximum absolute atomic E-state index is 12.2. The topological polar surface area (TPSA) is 75.1 Å². The number of carbonyl (C=O) groups excluding carboxylic acids is 2. The quantitative estimate of drug-likeness (QED) is 0.618. The first-order valence-corrected chi connectivity index (χ1v) is 9.47. The summed E-state index contributed by atoms with van der Waals surface area (Å²) in [4.78, 5) is 27.7. The number of morpholine rings is 1. The molecule has 0 bridgehead atoms. The first-order valence-electron chi connectivity index (χ1n) is 9.47. The molecular weight excluding hydrogens is 344 g/mol. The maximum Gasteiger partial charge on any atom is 0.309 e. The summed E-state index contributed by atoms with van der Waals surface area (Å²) in [6.45, 7) is 9.14. The summed E-state index contributed by atoms with van der Waals surface area (Å²) in [7, 11) is 4.02. The molecule has 7 heteroatoms. The van der Waals surface area contributed by atoms with E-state index in [2.05, 4.69) is 39.8 Å². The molecule has 1 aliphatic heterocycles. The van der Waals surface area contributed by atoms with Crippen LogP contribution in [-0.2, 0) is 14.3 Å². The number of amides is 2. The number of rotatable bonds is 5. The van der Waals surface area contributed by atoms with Crippen molar-refractivity contribution in [2.45, 2.75) is 32.4 Å². The first kappa shape index (κ1) is 21.2. The number of hydrogen-bond donors (Lipinski definition) is 3. The van der Waals surface area contributed by atoms with Gasteiger partial charge in [0, 0.05) is 30.9 Å². The van der Waals surface area contributed by atoms with Crippen molar-refractivity contribution in [1.82, 2.24) is 10.6 Å². The van der Waals surface area contributed by atoms with Crippen LogP contribution in [0, 0.1) is 0 Å². The second-order valence-corrected chi connectivity index (χ2v) is 8.22. The molecule has 150 valence electrons. The number of quaternary nitrogens is 1. The minimum atomic E-state index is -0.596. The number of hydrogen-bond acceptors (Lipinski definition) is 4. The van der Waals surface area contributed by atoms with E-state index in [1.807, 2.05) is 34.9 Å². The Labute approximate surface area is 162 Å². The molecule has 0 radical (unpaired) electrons. The summed E-state index contributed by atoms with van der Waals surface area (Å²) in [5.74, 6) is -1.19. The lowest BCUT2D eigenvalue weighted by atomic mass is 10.0. The van der Waals surface area contributed by atoms with Crippen molar-refractivity contribution >= 4 is 17.5 Å². The number of nitrogens with zero attached hydrogens (tertiary/aromatic N) is 1. The second kappa shape index (κ2) is 9.19. The van der Waals surface area contributed by atoms with Gasteiger partial charge in [-0.25, -0.2) is 0 Å². The van der Waals surface area contributed by atoms with Crippen LogP contribution in [0.15, 0.2) is 24.3 Å². The second-order valence-electron chi connectivity index (χ2n) is 8.22. The van der Waals surface area contributed by atoms with Gasteiger partial charge in [-0.1, -0.05) is 12.1 Å². The van der Waals surface area contributed by atoms with Crippen molar-refractivity contribution in [2.75, 3.05) is 51.8 Å². The molecule has 0 aliphatic carbocycles. The van der Waals surface area contributed by atoms with Crippen LogP contribution in [0.2, 0.25) is 0 Å². The Morgan fingerprint density at radius 3 is 2.22 bits per heavy atom. The highest BCUT2D eigenvalue weighted by Gasteiger charge is 2.28. The molecule has 7 nitrogen and oxygen atoms in total. The van der Waals surface area contributed by atoms with Gasteiger partial charge < -0.3 is 25.2 Å². The number of anilines is 1. The predicted octanol–water partition coefficient (Wildman–Crippen LogP) is -0.260. The lowest BCUT2D eigenvalue weighted by Crippen LogP contribution is -3.15. The van der Waals surface area contributed by atoms with Gasteiger partial charge in [0.25, 0.3) is 0 Å². The lowest BCUT2D eigenvalue weighted by Gasteiger charge is -2.32. The zero-order valence-corrected chi connectivity index (χ0v) is 17.1. The number of ether oxygens (including phenoxy) is 1. The van der Waals surface area contributed by atoms with E-state index in [1.165, 1.54) is 4.90 Å². The van der Waals surface area contributed by atoms with E-state index >= 15 is 0 Å². The fourth-order valence-corrected chi connectivity index (χ4v) is 3.16. The smallest absolute Gasteiger partial charge is 0.309 e. The van der Waals surface area contributed by atoms with Crippen molar-refractivity contribution in [3.8, 4) is 0 Å². The summed E-state index contributed by atoms with van der Waals surface area (Å²) in [6.07, 6.45) is 0. The number of nitrogens with one attached hydrogen (secondary N) is 3. The van der Waals surface area contributed by atoms with Crippen LogP contribution in [0.4, 0.5) is 5.69 Å². The van der Waals surface area contributed by atoms with Crippen molar-refractivity contribution in [3.63, 3.8) is 0 Å². The third-order valence-corrected chi connectivity index (χ3v) is 4.60. The van der Waals surface area contributed by atoms with E-state index in [0.717, 1.165) is 24.3 Å². The average molecular weight is 378 g/mol. The summed E-state index contributed by atoms with van der Waals surface area (Å²) < 4.78 is 5.48. The molecule has 1 heterocycles. The van der Waals surface area contributed by atoms with Crippen molar-refractivity contribution < 1.29 is 19.2 Å². The van der Waals surface area contributed by atoms with E-state index in [4.69, 9.17) is 4.74 Å². The largest absolute Gasteiger partial charge is 0.378 e. The monoisotopic (exact) mass is 377 g/mol. The summed E-state index contributed by atoms with van der Waals surface area (Å²) in [6, 6.07) is 8.44. The van der Waals surface area contributed by atoms with Gasteiger partial charge in [0.1, 0.15) is 19.1 Å². The molecule has 1 fully saturated rings. The predicted molar refractivity (Wildman–Crippen MR) is 106 cm³/mol. The van der Waals surface area contributed by atoms with E-state index in [0.29, 0.717) is 19.8 Å². The molecule has 2 amide bonds. The molecule has 0 unspecified atom stereocenters. The Hall–Kier alpha value is -2.12. The van der Waals surface area contributed by atoms with Gasteiger partial charge in [0.05, 0.1) is 19.8 Å². The SMILES string of the molecule is CN(C)c1ccc([C@@H](CNC(=O)C(=O)NC(C)(C)C)[NH+]2CCOCC2)cc1. The van der Waals surface area contributed by atoms with Gasteiger partial charge in [-0.15, -0.1) is 0 Å². The minimum absolute atomic E-state index is 0.0801. The summed E-state index contributed by atoms with van der Waals surface area (Å²) >= 11 is 0. The van der Waals surface area contributed by atoms with E-state index in [1.54, 1.807) is 0 Å². The Bertz CT molecular complexity index is 632. The maximum atomic E-state index is 12.2. The van der Waals surface area contributed by atoms with Gasteiger partial charge >= 0.3 is 11.8 Å². The van der Waals surface area contributed by atoms with Crippen LogP contribution in [0.1, 0.15) is 32.4 Å². The van der Waals surface area contributed by atoms with E-state index in [-0.39, 0.29) is 6.04 Å². The Morgan fingerprint density at radius 1 is 1.11 bits per heavy atom. The summed E-state index contributed by atoms with van der Waals surface area (Å²) in [5, 5.41) is 5.51. The first-order chi connectivity index (χ1) is 12.7. The van der Waals surface area contributed by atoms with Gasteiger partial charge in [0.15, 0.2) is 0 Å². The molecule has 1 atom stereocenters. The third kappa shape index (κ3) is 6.52. The van der Waals surface area contributed by atoms with Crippen molar-refractivity contribution in [1.29, 1.82) is 0 Å². The zero-order valence-electron chi connectivity index (χ0n) is 17.1. The van der Waals surface area contributed by atoms with E-state index in [9.17, 15) is 9.59 Å². The minimum Gasteiger partial charge on any atom is -0.378 e. The number of benzene rings is 1. The van der Waals surface area contributed by atoms with Crippen LogP contribution in [0.25, 0.3) is 0 Å². The lowest BCUT2D eigenvalue weighted by molar-refractivity contribution is -0.937. The van der Waals surface area contributed by atoms with Crippen LogP contribution in [0.3, 0.4) is 0 Å². The fraction of sp³-hybridized carbons (Fsp3) is 0.600. The van der Waals surface area contributed by atoms with Crippen LogP contribution in [0.5, 0.6) is 0 Å². The Morgan fingerprint density at radius 2 is 1.70 bits per heavy atom. The molecule has 1 saturated heterocycles. The molecule has 1 aromatic carbocycles. The Kier molecular flexibility index (Phi) is 7.21. The van der Waals surface area contributed by atoms with Gasteiger partial charge in [-0.05, 0) is 32.9 Å². The van der Waals surface area contributed by atoms with Crippen LogP contribution in [-0.4, -0.2) is 64.3 Å². The molecule has 3 N–H and O–H groups in total. The van der Waals surface area contributed by atoms with Gasteiger partial charge in [-0.2, -0.15) is 0 Å². The summed E-state index contributed by atoms with van der Waals surface area (Å²) in [5.41, 5.74) is 1.84. The molecule has 1 aromatic rings. The van der Waals surface area contributed by atoms with Crippen molar-refractivity contribution in [3.05, 3.63) is 29.8 Å². The third-order valence-electron chi connectivity index (χ3n) is 4.60. The van der Waals surface area contributed by atoms with E-state index < -0.39 is 17.4 Å². The molecule has 0 aromatic heterocycles. The average Bonchev–Trinajstić information content (AvgIpc) is 2.61. The molecule has 27 heavy (non-hydrogen) atoms. The molecule has 0 saturated carbocycles. The van der Waals surface area contributed by atoms with Gasteiger partial charge in [0.2, 0.25) is 0 Å². The van der Waals surface area contributed by atoms with Crippen LogP contribution < -0.4 is 20.4 Å².